The van der Waals surface area contributed by atoms with Crippen molar-refractivity contribution in [2.45, 2.75) is 6.54 Å². The van der Waals surface area contributed by atoms with Crippen molar-refractivity contribution >= 4 is 26.8 Å². The van der Waals surface area contributed by atoms with Crippen molar-refractivity contribution in [3.63, 3.8) is 0 Å². The standard InChI is InChI=1S/C18H20N4O4S/c1-27(25,26)8-6-20-11-12-4-5-15-13(9-12)10-16(21-15)14-3-2-7-22(17(14)23)18(19)24/h2-5,7,9-10,20-21H,6,8,11H2,1H3,(H2,19,24). The number of H-pyrrole nitrogens is 1. The van der Waals surface area contributed by atoms with Crippen LogP contribution in [0.1, 0.15) is 5.56 Å². The number of fused-ring (bicyclic) bond motifs is 1. The Balaban J connectivity index is 1.83. The molecule has 0 saturated heterocycles. The van der Waals surface area contributed by atoms with E-state index < -0.39 is 21.4 Å². The Hall–Kier alpha value is -2.91. The van der Waals surface area contributed by atoms with Gasteiger partial charge in [0.15, 0.2) is 0 Å². The van der Waals surface area contributed by atoms with Crippen LogP contribution in [0.5, 0.6) is 0 Å². The van der Waals surface area contributed by atoms with Crippen molar-refractivity contribution in [2.75, 3.05) is 18.6 Å². The highest BCUT2D eigenvalue weighted by molar-refractivity contribution is 7.90. The molecule has 9 heteroatoms. The lowest BCUT2D eigenvalue weighted by molar-refractivity contribution is 0.249. The molecular weight excluding hydrogens is 368 g/mol. The molecular formula is C18H20N4O4S. The van der Waals surface area contributed by atoms with Crippen molar-refractivity contribution in [1.82, 2.24) is 14.9 Å². The van der Waals surface area contributed by atoms with E-state index in [0.717, 1.165) is 21.0 Å². The van der Waals surface area contributed by atoms with E-state index in [0.29, 0.717) is 24.3 Å². The first-order chi connectivity index (χ1) is 12.7. The highest BCUT2D eigenvalue weighted by Gasteiger charge is 2.11. The van der Waals surface area contributed by atoms with Crippen LogP contribution in [0.2, 0.25) is 0 Å². The summed E-state index contributed by atoms with van der Waals surface area (Å²) in [6.07, 6.45) is 2.54. The summed E-state index contributed by atoms with van der Waals surface area (Å²) in [5.74, 6) is 0.0870. The molecule has 4 N–H and O–H groups in total. The molecule has 0 unspecified atom stereocenters. The molecule has 0 aliphatic heterocycles. The molecule has 3 rings (SSSR count). The first-order valence-electron chi connectivity index (χ1n) is 8.26. The molecule has 1 aromatic carbocycles. The molecule has 0 aliphatic carbocycles. The maximum absolute atomic E-state index is 12.4. The van der Waals surface area contributed by atoms with Gasteiger partial charge in [0.1, 0.15) is 9.84 Å². The van der Waals surface area contributed by atoms with Crippen LogP contribution in [0.25, 0.3) is 22.2 Å². The van der Waals surface area contributed by atoms with Crippen molar-refractivity contribution in [3.05, 3.63) is 58.5 Å². The van der Waals surface area contributed by atoms with E-state index in [1.807, 2.05) is 24.3 Å². The Bertz CT molecular complexity index is 1160. The SMILES string of the molecule is CS(=O)(=O)CCNCc1ccc2[nH]c(-c3cccn(C(N)=O)c3=O)cc2c1. The van der Waals surface area contributed by atoms with Gasteiger partial charge >= 0.3 is 6.03 Å². The van der Waals surface area contributed by atoms with E-state index in [1.54, 1.807) is 12.1 Å². The van der Waals surface area contributed by atoms with Crippen LogP contribution in [0, 0.1) is 0 Å². The lowest BCUT2D eigenvalue weighted by Crippen LogP contribution is -2.31. The number of benzene rings is 1. The quantitative estimate of drug-likeness (QED) is 0.544. The summed E-state index contributed by atoms with van der Waals surface area (Å²) in [5.41, 5.74) is 7.50. The van der Waals surface area contributed by atoms with Crippen LogP contribution in [0.15, 0.2) is 47.4 Å². The predicted molar refractivity (Wildman–Crippen MR) is 104 cm³/mol. The molecule has 0 aliphatic rings. The van der Waals surface area contributed by atoms with Gasteiger partial charge in [-0.05, 0) is 35.9 Å². The second-order valence-electron chi connectivity index (χ2n) is 6.35. The third-order valence-electron chi connectivity index (χ3n) is 4.14. The van der Waals surface area contributed by atoms with Gasteiger partial charge in [0.05, 0.1) is 17.0 Å². The van der Waals surface area contributed by atoms with Gasteiger partial charge in [-0.2, -0.15) is 0 Å². The fourth-order valence-electron chi connectivity index (χ4n) is 2.80. The number of pyridine rings is 1. The summed E-state index contributed by atoms with van der Waals surface area (Å²) < 4.78 is 23.2. The number of carbonyl (C=O) groups is 1. The molecule has 8 nitrogen and oxygen atoms in total. The third kappa shape index (κ3) is 4.44. The fourth-order valence-corrected chi connectivity index (χ4v) is 3.32. The Morgan fingerprint density at radius 1 is 1.26 bits per heavy atom. The minimum absolute atomic E-state index is 0.0870. The van der Waals surface area contributed by atoms with Gasteiger partial charge in [-0.15, -0.1) is 0 Å². The number of aromatic nitrogens is 2. The molecule has 0 fully saturated rings. The lowest BCUT2D eigenvalue weighted by Gasteiger charge is -2.04. The zero-order chi connectivity index (χ0) is 19.6. The monoisotopic (exact) mass is 388 g/mol. The van der Waals surface area contributed by atoms with Gasteiger partial charge in [-0.1, -0.05) is 6.07 Å². The number of rotatable bonds is 6. The molecule has 0 atom stereocenters. The number of nitrogens with zero attached hydrogens (tertiary/aromatic N) is 1. The summed E-state index contributed by atoms with van der Waals surface area (Å²) in [7, 11) is -2.99. The number of hydrogen-bond donors (Lipinski definition) is 3. The molecule has 0 saturated carbocycles. The molecule has 0 spiro atoms. The summed E-state index contributed by atoms with van der Waals surface area (Å²) in [4.78, 5) is 26.9. The summed E-state index contributed by atoms with van der Waals surface area (Å²) in [6.45, 7) is 0.914. The smallest absolute Gasteiger partial charge is 0.325 e. The number of aromatic amines is 1. The predicted octanol–water partition coefficient (Wildman–Crippen LogP) is 1.06. The third-order valence-corrected chi connectivity index (χ3v) is 5.08. The molecule has 0 bridgehead atoms. The first kappa shape index (κ1) is 18.9. The second kappa shape index (κ2) is 7.37. The minimum Gasteiger partial charge on any atom is -0.354 e. The molecule has 1 amide bonds. The first-order valence-corrected chi connectivity index (χ1v) is 10.3. The van der Waals surface area contributed by atoms with Crippen molar-refractivity contribution in [1.29, 1.82) is 0 Å². The summed E-state index contributed by atoms with van der Waals surface area (Å²) >= 11 is 0. The minimum atomic E-state index is -2.99. The van der Waals surface area contributed by atoms with E-state index in [9.17, 15) is 18.0 Å². The maximum atomic E-state index is 12.4. The van der Waals surface area contributed by atoms with E-state index >= 15 is 0 Å². The average molecular weight is 388 g/mol. The van der Waals surface area contributed by atoms with Gasteiger partial charge < -0.3 is 16.0 Å². The van der Waals surface area contributed by atoms with Crippen molar-refractivity contribution in [3.8, 4) is 11.3 Å². The normalized spacial score (nSPS) is 11.7. The number of primary amides is 1. The number of nitrogens with two attached hydrogens (primary N) is 1. The number of hydrogen-bond acceptors (Lipinski definition) is 5. The van der Waals surface area contributed by atoms with Crippen molar-refractivity contribution < 1.29 is 13.2 Å². The Morgan fingerprint density at radius 2 is 2.04 bits per heavy atom. The van der Waals surface area contributed by atoms with Gasteiger partial charge in [0.25, 0.3) is 5.56 Å². The van der Waals surface area contributed by atoms with Crippen LogP contribution in [-0.4, -0.2) is 42.6 Å². The highest BCUT2D eigenvalue weighted by Crippen LogP contribution is 2.23. The number of sulfone groups is 1. The Kier molecular flexibility index (Phi) is 5.15. The van der Waals surface area contributed by atoms with E-state index in [-0.39, 0.29) is 5.75 Å². The number of amides is 1. The molecule has 0 radical (unpaired) electrons. The summed E-state index contributed by atoms with van der Waals surface area (Å²) in [6, 6.07) is 9.98. The fraction of sp³-hybridized carbons (Fsp3) is 0.222. The maximum Gasteiger partial charge on any atom is 0.325 e. The van der Waals surface area contributed by atoms with Crippen LogP contribution >= 0.6 is 0 Å². The average Bonchev–Trinajstić information content (AvgIpc) is 3.00. The van der Waals surface area contributed by atoms with Crippen LogP contribution in [0.4, 0.5) is 4.79 Å². The van der Waals surface area contributed by atoms with E-state index in [4.69, 9.17) is 5.73 Å². The number of carbonyl (C=O) groups excluding carboxylic acids is 1. The zero-order valence-electron chi connectivity index (χ0n) is 14.7. The van der Waals surface area contributed by atoms with Gasteiger partial charge in [0.2, 0.25) is 0 Å². The molecule has 27 heavy (non-hydrogen) atoms. The van der Waals surface area contributed by atoms with E-state index in [1.165, 1.54) is 12.5 Å². The van der Waals surface area contributed by atoms with Gasteiger partial charge in [-0.25, -0.2) is 17.8 Å². The van der Waals surface area contributed by atoms with E-state index in [2.05, 4.69) is 10.3 Å². The Morgan fingerprint density at radius 3 is 2.74 bits per heavy atom. The number of nitrogens with one attached hydrogen (secondary N) is 2. The highest BCUT2D eigenvalue weighted by atomic mass is 32.2. The molecule has 142 valence electrons. The van der Waals surface area contributed by atoms with Gasteiger partial charge in [0, 0.05) is 36.4 Å². The zero-order valence-corrected chi connectivity index (χ0v) is 15.5. The molecule has 2 aromatic heterocycles. The van der Waals surface area contributed by atoms with Crippen LogP contribution < -0.4 is 16.6 Å². The summed E-state index contributed by atoms with van der Waals surface area (Å²) in [5, 5.41) is 4.00. The van der Waals surface area contributed by atoms with Crippen LogP contribution in [-0.2, 0) is 16.4 Å². The second-order valence-corrected chi connectivity index (χ2v) is 8.61. The van der Waals surface area contributed by atoms with Crippen LogP contribution in [0.3, 0.4) is 0 Å². The van der Waals surface area contributed by atoms with Gasteiger partial charge in [-0.3, -0.25) is 4.79 Å². The molecule has 2 heterocycles. The lowest BCUT2D eigenvalue weighted by atomic mass is 10.1. The van der Waals surface area contributed by atoms with Crippen molar-refractivity contribution in [2.24, 2.45) is 5.73 Å². The Labute approximate surface area is 155 Å². The molecule has 3 aromatic rings. The largest absolute Gasteiger partial charge is 0.354 e. The topological polar surface area (TPSA) is 127 Å².